The molecule has 4 atom stereocenters. The lowest BCUT2D eigenvalue weighted by Crippen LogP contribution is -2.39. The molecule has 0 aliphatic carbocycles. The van der Waals surface area contributed by atoms with Crippen LogP contribution in [0.4, 0.5) is 4.39 Å². The third kappa shape index (κ3) is 4.09. The van der Waals surface area contributed by atoms with E-state index in [0.717, 1.165) is 0 Å². The highest BCUT2D eigenvalue weighted by Gasteiger charge is 2.35. The fourth-order valence-electron chi connectivity index (χ4n) is 1.88. The summed E-state index contributed by atoms with van der Waals surface area (Å²) in [6.07, 6.45) is -0.612. The van der Waals surface area contributed by atoms with E-state index < -0.39 is 30.9 Å². The first-order valence-corrected chi connectivity index (χ1v) is 5.79. The number of rotatable bonds is 5. The van der Waals surface area contributed by atoms with Gasteiger partial charge in [0, 0.05) is 12.3 Å². The van der Waals surface area contributed by atoms with Crippen molar-refractivity contribution in [2.75, 3.05) is 6.67 Å². The molecule has 0 bridgehead atoms. The lowest BCUT2D eigenvalue weighted by molar-refractivity contribution is -0.139. The van der Waals surface area contributed by atoms with Crippen molar-refractivity contribution >= 4 is 11.9 Å². The highest BCUT2D eigenvalue weighted by atomic mass is 19.1. The molecule has 0 amide bonds. The standard InChI is InChI=1S/C11H18FN3O4/c1-5-7(15-11(13)14)3-9(10(17)18)19-8(5)2-6(16)4-12/h3,5-8,16H,2,4H2,1H3,(H,17,18)(H4,13,14,15)/t5-,6+,7+,8+/m1/s1. The molecule has 6 N–H and O–H groups in total. The number of carbonyl (C=O) groups is 1. The summed E-state index contributed by atoms with van der Waals surface area (Å²) >= 11 is 0. The number of aliphatic imine (C=N–C) groups is 1. The Morgan fingerprint density at radius 3 is 2.74 bits per heavy atom. The van der Waals surface area contributed by atoms with Crippen LogP contribution in [0, 0.1) is 5.92 Å². The monoisotopic (exact) mass is 275 g/mol. The SMILES string of the molecule is C[C@@H]1[C@@H](N=C(N)N)C=C(C(=O)O)O[C@H]1C[C@H](O)CF. The molecule has 0 aromatic carbocycles. The number of carboxylic acids is 1. The zero-order valence-electron chi connectivity index (χ0n) is 10.5. The first-order valence-electron chi connectivity index (χ1n) is 5.79. The van der Waals surface area contributed by atoms with Crippen molar-refractivity contribution in [3.05, 3.63) is 11.8 Å². The first kappa shape index (κ1) is 15.2. The predicted octanol–water partition coefficient (Wildman–Crippen LogP) is -0.648. The van der Waals surface area contributed by atoms with E-state index in [1.54, 1.807) is 6.92 Å². The van der Waals surface area contributed by atoms with Crippen molar-refractivity contribution < 1.29 is 24.1 Å². The van der Waals surface area contributed by atoms with E-state index in [2.05, 4.69) is 4.99 Å². The van der Waals surface area contributed by atoms with Crippen LogP contribution in [0.3, 0.4) is 0 Å². The number of ether oxygens (including phenoxy) is 1. The molecule has 0 aromatic rings. The first-order chi connectivity index (χ1) is 8.85. The highest BCUT2D eigenvalue weighted by molar-refractivity contribution is 5.84. The van der Waals surface area contributed by atoms with E-state index >= 15 is 0 Å². The number of aliphatic hydroxyl groups is 1. The van der Waals surface area contributed by atoms with Gasteiger partial charge in [0.2, 0.25) is 5.76 Å². The summed E-state index contributed by atoms with van der Waals surface area (Å²) in [4.78, 5) is 14.9. The topological polar surface area (TPSA) is 131 Å². The number of halogens is 1. The van der Waals surface area contributed by atoms with Crippen molar-refractivity contribution in [1.82, 2.24) is 0 Å². The van der Waals surface area contributed by atoms with Crippen molar-refractivity contribution in [3.63, 3.8) is 0 Å². The minimum absolute atomic E-state index is 0.0290. The molecule has 1 rings (SSSR count). The van der Waals surface area contributed by atoms with Crippen molar-refractivity contribution in [3.8, 4) is 0 Å². The Kier molecular flexibility index (Phi) is 5.11. The molecule has 0 radical (unpaired) electrons. The number of hydrogen-bond acceptors (Lipinski definition) is 4. The molecule has 0 aromatic heterocycles. The predicted molar refractivity (Wildman–Crippen MR) is 66.0 cm³/mol. The van der Waals surface area contributed by atoms with Crippen LogP contribution in [0.5, 0.6) is 0 Å². The molecule has 1 aliphatic rings. The Balaban J connectivity index is 2.95. The molecule has 0 saturated heterocycles. The van der Waals surface area contributed by atoms with Gasteiger partial charge in [-0.3, -0.25) is 0 Å². The smallest absolute Gasteiger partial charge is 0.370 e. The molecule has 19 heavy (non-hydrogen) atoms. The molecule has 0 spiro atoms. The van der Waals surface area contributed by atoms with Gasteiger partial charge in [0.25, 0.3) is 0 Å². The second-order valence-electron chi connectivity index (χ2n) is 4.44. The van der Waals surface area contributed by atoms with Gasteiger partial charge < -0.3 is 26.4 Å². The number of aliphatic hydroxyl groups excluding tert-OH is 1. The Morgan fingerprint density at radius 1 is 1.63 bits per heavy atom. The molecule has 1 aliphatic heterocycles. The Labute approximate surface area is 109 Å². The number of guanidine groups is 1. The van der Waals surface area contributed by atoms with Crippen LogP contribution >= 0.6 is 0 Å². The lowest BCUT2D eigenvalue weighted by atomic mass is 9.89. The molecule has 1 heterocycles. The van der Waals surface area contributed by atoms with Gasteiger partial charge in [0.1, 0.15) is 12.8 Å². The van der Waals surface area contributed by atoms with E-state index in [0.29, 0.717) is 0 Å². The highest BCUT2D eigenvalue weighted by Crippen LogP contribution is 2.28. The van der Waals surface area contributed by atoms with E-state index in [-0.39, 0.29) is 24.1 Å². The van der Waals surface area contributed by atoms with Gasteiger partial charge >= 0.3 is 5.97 Å². The molecule has 108 valence electrons. The number of aliphatic carboxylic acids is 1. The number of carboxylic acid groups (broad SMARTS) is 1. The second kappa shape index (κ2) is 6.37. The van der Waals surface area contributed by atoms with E-state index in [9.17, 15) is 14.3 Å². The second-order valence-corrected chi connectivity index (χ2v) is 4.44. The van der Waals surface area contributed by atoms with Gasteiger partial charge in [-0.25, -0.2) is 14.2 Å². The summed E-state index contributed by atoms with van der Waals surface area (Å²) in [5, 5.41) is 18.3. The fourth-order valence-corrected chi connectivity index (χ4v) is 1.88. The fraction of sp³-hybridized carbons (Fsp3) is 0.636. The molecule has 0 fully saturated rings. The zero-order valence-corrected chi connectivity index (χ0v) is 10.5. The van der Waals surface area contributed by atoms with Crippen LogP contribution in [-0.4, -0.2) is 47.1 Å². The summed E-state index contributed by atoms with van der Waals surface area (Å²) in [6.45, 7) is 0.813. The molecular formula is C11H18FN3O4. The Morgan fingerprint density at radius 2 is 2.26 bits per heavy atom. The van der Waals surface area contributed by atoms with Crippen LogP contribution in [-0.2, 0) is 9.53 Å². The maximum Gasteiger partial charge on any atom is 0.370 e. The lowest BCUT2D eigenvalue weighted by Gasteiger charge is -2.33. The number of alkyl halides is 1. The summed E-state index contributed by atoms with van der Waals surface area (Å²) in [6, 6.07) is -0.582. The van der Waals surface area contributed by atoms with Crippen LogP contribution in [0.25, 0.3) is 0 Å². The normalized spacial score (nSPS) is 27.9. The quantitative estimate of drug-likeness (QED) is 0.389. The van der Waals surface area contributed by atoms with Gasteiger partial charge in [-0.05, 0) is 6.08 Å². The van der Waals surface area contributed by atoms with E-state index in [4.69, 9.17) is 21.3 Å². The van der Waals surface area contributed by atoms with Gasteiger partial charge in [-0.1, -0.05) is 6.92 Å². The maximum absolute atomic E-state index is 12.3. The van der Waals surface area contributed by atoms with Crippen LogP contribution in [0.1, 0.15) is 13.3 Å². The van der Waals surface area contributed by atoms with E-state index in [1.807, 2.05) is 0 Å². The van der Waals surface area contributed by atoms with Crippen LogP contribution in [0.15, 0.2) is 16.8 Å². The minimum atomic E-state index is -1.26. The molecular weight excluding hydrogens is 257 g/mol. The van der Waals surface area contributed by atoms with Crippen LogP contribution in [0.2, 0.25) is 0 Å². The molecule has 0 saturated carbocycles. The number of hydrogen-bond donors (Lipinski definition) is 4. The molecule has 8 heteroatoms. The van der Waals surface area contributed by atoms with Gasteiger partial charge in [-0.15, -0.1) is 0 Å². The minimum Gasteiger partial charge on any atom is -0.483 e. The number of nitrogens with zero attached hydrogens (tertiary/aromatic N) is 1. The third-order valence-corrected chi connectivity index (χ3v) is 2.92. The van der Waals surface area contributed by atoms with Crippen LogP contribution < -0.4 is 11.5 Å². The molecule has 7 nitrogen and oxygen atoms in total. The van der Waals surface area contributed by atoms with Gasteiger partial charge in [0.05, 0.1) is 12.1 Å². The van der Waals surface area contributed by atoms with Gasteiger partial charge in [0.15, 0.2) is 5.96 Å². The summed E-state index contributed by atoms with van der Waals surface area (Å²) < 4.78 is 17.6. The summed E-state index contributed by atoms with van der Waals surface area (Å²) in [5.41, 5.74) is 10.6. The Hall–Kier alpha value is -1.83. The maximum atomic E-state index is 12.3. The average molecular weight is 275 g/mol. The zero-order chi connectivity index (χ0) is 14.6. The summed E-state index contributed by atoms with van der Waals surface area (Å²) in [7, 11) is 0. The van der Waals surface area contributed by atoms with E-state index in [1.165, 1.54) is 6.08 Å². The number of nitrogens with two attached hydrogens (primary N) is 2. The summed E-state index contributed by atoms with van der Waals surface area (Å²) in [5.74, 6) is -2.03. The average Bonchev–Trinajstić information content (AvgIpc) is 2.32. The molecule has 0 unspecified atom stereocenters. The van der Waals surface area contributed by atoms with Crippen molar-refractivity contribution in [2.45, 2.75) is 31.6 Å². The Bertz CT molecular complexity index is 395. The van der Waals surface area contributed by atoms with Crippen molar-refractivity contribution in [2.24, 2.45) is 22.4 Å². The van der Waals surface area contributed by atoms with Gasteiger partial charge in [-0.2, -0.15) is 0 Å². The third-order valence-electron chi connectivity index (χ3n) is 2.92. The van der Waals surface area contributed by atoms with Crippen molar-refractivity contribution in [1.29, 1.82) is 0 Å². The largest absolute Gasteiger partial charge is 0.483 e.